The Labute approximate surface area is 126 Å². The predicted molar refractivity (Wildman–Crippen MR) is 80.4 cm³/mol. The Morgan fingerprint density at radius 3 is 2.74 bits per heavy atom. The van der Waals surface area contributed by atoms with Crippen LogP contribution in [0.5, 0.6) is 0 Å². The summed E-state index contributed by atoms with van der Waals surface area (Å²) >= 11 is 17.7. The second-order valence-corrected chi connectivity index (χ2v) is 5.26. The van der Waals surface area contributed by atoms with Gasteiger partial charge in [-0.2, -0.15) is 0 Å². The molecule has 0 aliphatic heterocycles. The third-order valence-corrected chi connectivity index (χ3v) is 3.41. The van der Waals surface area contributed by atoms with Crippen LogP contribution in [0.25, 0.3) is 0 Å². The molecule has 1 heterocycles. The molecule has 2 aromatic rings. The van der Waals surface area contributed by atoms with Crippen molar-refractivity contribution in [3.63, 3.8) is 0 Å². The van der Waals surface area contributed by atoms with Crippen molar-refractivity contribution in [1.82, 2.24) is 9.97 Å². The molecule has 6 heteroatoms. The molecule has 19 heavy (non-hydrogen) atoms. The number of hydrogen-bond donors (Lipinski definition) is 1. The molecule has 0 aliphatic carbocycles. The molecule has 1 aromatic heterocycles. The van der Waals surface area contributed by atoms with Gasteiger partial charge in [0, 0.05) is 28.4 Å². The quantitative estimate of drug-likeness (QED) is 0.850. The van der Waals surface area contributed by atoms with Crippen LogP contribution in [0.1, 0.15) is 11.1 Å². The van der Waals surface area contributed by atoms with Gasteiger partial charge in [-0.15, -0.1) is 0 Å². The topological polar surface area (TPSA) is 37.8 Å². The summed E-state index contributed by atoms with van der Waals surface area (Å²) in [6.45, 7) is 2.63. The highest BCUT2D eigenvalue weighted by atomic mass is 35.5. The number of benzene rings is 1. The van der Waals surface area contributed by atoms with Crippen LogP contribution in [-0.2, 0) is 6.42 Å². The van der Waals surface area contributed by atoms with Crippen molar-refractivity contribution in [2.45, 2.75) is 13.3 Å². The number of nitrogens with one attached hydrogen (secondary N) is 1. The van der Waals surface area contributed by atoms with Crippen LogP contribution in [0.15, 0.2) is 24.4 Å². The molecule has 3 nitrogen and oxygen atoms in total. The molecule has 0 radical (unpaired) electrons. The van der Waals surface area contributed by atoms with Crippen molar-refractivity contribution in [1.29, 1.82) is 0 Å². The van der Waals surface area contributed by atoms with Crippen LogP contribution in [-0.4, -0.2) is 16.5 Å². The van der Waals surface area contributed by atoms with Crippen molar-refractivity contribution in [3.8, 4) is 0 Å². The van der Waals surface area contributed by atoms with Crippen molar-refractivity contribution >= 4 is 40.6 Å². The molecule has 0 aliphatic rings. The predicted octanol–water partition coefficient (Wildman–Crippen LogP) is 4.40. The standard InChI is InChI=1S/C13H12Cl3N3/c1-8-7-18-13(16)19-12(8)17-5-4-9-2-3-10(14)6-11(9)15/h2-3,6-7H,4-5H2,1H3,(H,17,18,19). The Morgan fingerprint density at radius 2 is 2.00 bits per heavy atom. The Morgan fingerprint density at radius 1 is 1.21 bits per heavy atom. The molecule has 0 atom stereocenters. The first-order valence-corrected chi connectivity index (χ1v) is 6.86. The van der Waals surface area contributed by atoms with Crippen molar-refractivity contribution in [2.75, 3.05) is 11.9 Å². The highest BCUT2D eigenvalue weighted by Gasteiger charge is 2.04. The van der Waals surface area contributed by atoms with E-state index in [0.717, 1.165) is 23.4 Å². The highest BCUT2D eigenvalue weighted by Crippen LogP contribution is 2.21. The zero-order chi connectivity index (χ0) is 13.8. The summed E-state index contributed by atoms with van der Waals surface area (Å²) in [5.41, 5.74) is 1.99. The minimum Gasteiger partial charge on any atom is -0.369 e. The number of aryl methyl sites for hydroxylation is 1. The molecule has 1 N–H and O–H groups in total. The average molecular weight is 317 g/mol. The van der Waals surface area contributed by atoms with Gasteiger partial charge in [-0.1, -0.05) is 29.3 Å². The fourth-order valence-corrected chi connectivity index (χ4v) is 2.28. The zero-order valence-corrected chi connectivity index (χ0v) is 12.5. The monoisotopic (exact) mass is 315 g/mol. The molecule has 0 fully saturated rings. The maximum atomic E-state index is 6.11. The van der Waals surface area contributed by atoms with Gasteiger partial charge in [0.05, 0.1) is 0 Å². The molecule has 0 bridgehead atoms. The Balaban J connectivity index is 1.98. The van der Waals surface area contributed by atoms with Crippen molar-refractivity contribution in [3.05, 3.63) is 50.9 Å². The van der Waals surface area contributed by atoms with E-state index in [4.69, 9.17) is 34.8 Å². The third kappa shape index (κ3) is 3.96. The second kappa shape index (κ2) is 6.42. The Hall–Kier alpha value is -1.03. The smallest absolute Gasteiger partial charge is 0.224 e. The van der Waals surface area contributed by atoms with E-state index in [1.807, 2.05) is 19.1 Å². The molecular formula is C13H12Cl3N3. The van der Waals surface area contributed by atoms with Crippen LogP contribution in [0.4, 0.5) is 5.82 Å². The lowest BCUT2D eigenvalue weighted by atomic mass is 10.1. The van der Waals surface area contributed by atoms with Gasteiger partial charge in [0.25, 0.3) is 0 Å². The largest absolute Gasteiger partial charge is 0.369 e. The SMILES string of the molecule is Cc1cnc(Cl)nc1NCCc1ccc(Cl)cc1Cl. The van der Waals surface area contributed by atoms with Crippen molar-refractivity contribution < 1.29 is 0 Å². The van der Waals surface area contributed by atoms with Crippen LogP contribution in [0, 0.1) is 6.92 Å². The number of rotatable bonds is 4. The number of halogens is 3. The maximum Gasteiger partial charge on any atom is 0.224 e. The lowest BCUT2D eigenvalue weighted by Gasteiger charge is -2.09. The maximum absolute atomic E-state index is 6.11. The molecule has 2 rings (SSSR count). The molecule has 0 saturated carbocycles. The van der Waals surface area contributed by atoms with E-state index >= 15 is 0 Å². The van der Waals surface area contributed by atoms with Crippen molar-refractivity contribution in [2.24, 2.45) is 0 Å². The summed E-state index contributed by atoms with van der Waals surface area (Å²) in [4.78, 5) is 8.04. The fourth-order valence-electron chi connectivity index (χ4n) is 1.64. The molecule has 0 spiro atoms. The number of hydrogen-bond acceptors (Lipinski definition) is 3. The Bertz CT molecular complexity index is 587. The van der Waals surface area contributed by atoms with Gasteiger partial charge in [0.15, 0.2) is 0 Å². The lowest BCUT2D eigenvalue weighted by Crippen LogP contribution is -2.08. The average Bonchev–Trinajstić information content (AvgIpc) is 2.36. The number of aromatic nitrogens is 2. The van der Waals surface area contributed by atoms with Crippen LogP contribution in [0.3, 0.4) is 0 Å². The van der Waals surface area contributed by atoms with Crippen LogP contribution >= 0.6 is 34.8 Å². The molecule has 0 saturated heterocycles. The molecular weight excluding hydrogens is 305 g/mol. The van der Waals surface area contributed by atoms with E-state index in [2.05, 4.69) is 15.3 Å². The van der Waals surface area contributed by atoms with E-state index < -0.39 is 0 Å². The van der Waals surface area contributed by atoms with E-state index in [9.17, 15) is 0 Å². The summed E-state index contributed by atoms with van der Waals surface area (Å²) < 4.78 is 0. The van der Waals surface area contributed by atoms with E-state index in [1.165, 1.54) is 0 Å². The first-order valence-electron chi connectivity index (χ1n) is 5.73. The van der Waals surface area contributed by atoms with E-state index in [0.29, 0.717) is 16.6 Å². The Kier molecular flexibility index (Phi) is 4.86. The summed E-state index contributed by atoms with van der Waals surface area (Å²) in [5, 5.41) is 4.76. The highest BCUT2D eigenvalue weighted by molar-refractivity contribution is 6.35. The van der Waals surface area contributed by atoms with Gasteiger partial charge in [-0.25, -0.2) is 9.97 Å². The first kappa shape index (κ1) is 14.4. The molecule has 0 amide bonds. The van der Waals surface area contributed by atoms with Crippen LogP contribution in [0.2, 0.25) is 15.3 Å². The van der Waals surface area contributed by atoms with Gasteiger partial charge in [-0.05, 0) is 42.6 Å². The van der Waals surface area contributed by atoms with Gasteiger partial charge >= 0.3 is 0 Å². The summed E-state index contributed by atoms with van der Waals surface area (Å²) in [6, 6.07) is 5.49. The summed E-state index contributed by atoms with van der Waals surface area (Å²) in [5.74, 6) is 0.741. The van der Waals surface area contributed by atoms with Gasteiger partial charge < -0.3 is 5.32 Å². The van der Waals surface area contributed by atoms with Gasteiger partial charge in [-0.3, -0.25) is 0 Å². The summed E-state index contributed by atoms with van der Waals surface area (Å²) in [7, 11) is 0. The van der Waals surface area contributed by atoms with Gasteiger partial charge in [0.2, 0.25) is 5.28 Å². The number of nitrogens with zero attached hydrogens (tertiary/aromatic N) is 2. The number of anilines is 1. The van der Waals surface area contributed by atoms with E-state index in [1.54, 1.807) is 12.3 Å². The van der Waals surface area contributed by atoms with E-state index in [-0.39, 0.29) is 5.28 Å². The normalized spacial score (nSPS) is 10.5. The zero-order valence-electron chi connectivity index (χ0n) is 10.3. The third-order valence-electron chi connectivity index (χ3n) is 2.64. The summed E-state index contributed by atoms with van der Waals surface area (Å²) in [6.07, 6.45) is 2.46. The minimum atomic E-state index is 0.234. The second-order valence-electron chi connectivity index (χ2n) is 4.08. The lowest BCUT2D eigenvalue weighted by molar-refractivity contribution is 0.992. The molecule has 0 unspecified atom stereocenters. The first-order chi connectivity index (χ1) is 9.06. The van der Waals surface area contributed by atoms with Gasteiger partial charge in [0.1, 0.15) is 5.82 Å². The molecule has 1 aromatic carbocycles. The van der Waals surface area contributed by atoms with Crippen LogP contribution < -0.4 is 5.32 Å². The fraction of sp³-hybridized carbons (Fsp3) is 0.231. The molecule has 100 valence electrons. The minimum absolute atomic E-state index is 0.234.